The van der Waals surface area contributed by atoms with Crippen molar-refractivity contribution in [2.75, 3.05) is 25.6 Å². The normalized spacial score (nSPS) is 12.6. The molecular formula is C10H20BrNO2. The summed E-state index contributed by atoms with van der Waals surface area (Å²) >= 11 is 3.28. The summed E-state index contributed by atoms with van der Waals surface area (Å²) in [6.07, 6.45) is 1.55. The standard InChI is InChI=1S/C10H20BrNO2/c1-4-9(2)12(7-8-14-3)10(13)5-6-11/h9H,4-8H2,1-3H3. The molecule has 14 heavy (non-hydrogen) atoms. The molecule has 0 rings (SSSR count). The van der Waals surface area contributed by atoms with Crippen molar-refractivity contribution in [2.45, 2.75) is 32.7 Å². The number of hydrogen-bond donors (Lipinski definition) is 0. The Hall–Kier alpha value is -0.0900. The summed E-state index contributed by atoms with van der Waals surface area (Å²) < 4.78 is 4.99. The van der Waals surface area contributed by atoms with Gasteiger partial charge < -0.3 is 9.64 Å². The molecule has 0 spiro atoms. The minimum absolute atomic E-state index is 0.202. The number of hydrogen-bond acceptors (Lipinski definition) is 2. The first-order valence-electron chi connectivity index (χ1n) is 5.01. The zero-order valence-corrected chi connectivity index (χ0v) is 10.8. The molecule has 1 amide bonds. The van der Waals surface area contributed by atoms with Gasteiger partial charge in [-0.05, 0) is 13.3 Å². The molecule has 84 valence electrons. The van der Waals surface area contributed by atoms with Crippen LogP contribution in [0, 0.1) is 0 Å². The second-order valence-electron chi connectivity index (χ2n) is 3.28. The van der Waals surface area contributed by atoms with Crippen molar-refractivity contribution >= 4 is 21.8 Å². The Morgan fingerprint density at radius 2 is 2.21 bits per heavy atom. The Kier molecular flexibility index (Phi) is 8.18. The molecule has 0 radical (unpaired) electrons. The van der Waals surface area contributed by atoms with Crippen LogP contribution in [-0.4, -0.2) is 42.4 Å². The Morgan fingerprint density at radius 3 is 2.64 bits per heavy atom. The van der Waals surface area contributed by atoms with Crippen molar-refractivity contribution in [2.24, 2.45) is 0 Å². The lowest BCUT2D eigenvalue weighted by molar-refractivity contribution is -0.133. The first-order valence-corrected chi connectivity index (χ1v) is 6.13. The van der Waals surface area contributed by atoms with Gasteiger partial charge in [0.1, 0.15) is 0 Å². The molecular weight excluding hydrogens is 246 g/mol. The van der Waals surface area contributed by atoms with Crippen LogP contribution in [0.15, 0.2) is 0 Å². The van der Waals surface area contributed by atoms with Crippen LogP contribution >= 0.6 is 15.9 Å². The molecule has 0 aromatic heterocycles. The van der Waals surface area contributed by atoms with Crippen LogP contribution in [0.4, 0.5) is 0 Å². The minimum Gasteiger partial charge on any atom is -0.383 e. The van der Waals surface area contributed by atoms with Gasteiger partial charge in [0.25, 0.3) is 0 Å². The van der Waals surface area contributed by atoms with Crippen molar-refractivity contribution in [1.82, 2.24) is 4.90 Å². The van der Waals surface area contributed by atoms with E-state index in [1.54, 1.807) is 7.11 Å². The topological polar surface area (TPSA) is 29.5 Å². The van der Waals surface area contributed by atoms with Crippen molar-refractivity contribution < 1.29 is 9.53 Å². The number of rotatable bonds is 7. The van der Waals surface area contributed by atoms with Gasteiger partial charge in [-0.3, -0.25) is 4.79 Å². The van der Waals surface area contributed by atoms with Crippen LogP contribution in [0.25, 0.3) is 0 Å². The van der Waals surface area contributed by atoms with E-state index in [9.17, 15) is 4.79 Å². The average molecular weight is 266 g/mol. The monoisotopic (exact) mass is 265 g/mol. The van der Waals surface area contributed by atoms with E-state index in [-0.39, 0.29) is 5.91 Å². The lowest BCUT2D eigenvalue weighted by atomic mass is 10.2. The Bertz CT molecular complexity index is 164. The van der Waals surface area contributed by atoms with E-state index in [1.165, 1.54) is 0 Å². The Balaban J connectivity index is 4.15. The zero-order chi connectivity index (χ0) is 11.0. The van der Waals surface area contributed by atoms with Crippen molar-refractivity contribution in [3.8, 4) is 0 Å². The summed E-state index contributed by atoms with van der Waals surface area (Å²) in [5.41, 5.74) is 0. The van der Waals surface area contributed by atoms with Gasteiger partial charge in [0, 0.05) is 31.4 Å². The van der Waals surface area contributed by atoms with Gasteiger partial charge in [0.2, 0.25) is 5.91 Å². The first kappa shape index (κ1) is 13.9. The van der Waals surface area contributed by atoms with Gasteiger partial charge in [-0.2, -0.15) is 0 Å². The molecule has 0 aliphatic heterocycles. The average Bonchev–Trinajstić information content (AvgIpc) is 2.18. The van der Waals surface area contributed by atoms with E-state index in [0.29, 0.717) is 25.6 Å². The van der Waals surface area contributed by atoms with Crippen molar-refractivity contribution in [3.63, 3.8) is 0 Å². The fraction of sp³-hybridized carbons (Fsp3) is 0.900. The van der Waals surface area contributed by atoms with Gasteiger partial charge in [-0.1, -0.05) is 22.9 Å². The van der Waals surface area contributed by atoms with E-state index >= 15 is 0 Å². The molecule has 0 N–H and O–H groups in total. The lowest BCUT2D eigenvalue weighted by Gasteiger charge is -2.28. The third-order valence-electron chi connectivity index (χ3n) is 2.29. The number of amides is 1. The maximum Gasteiger partial charge on any atom is 0.223 e. The molecule has 1 atom stereocenters. The number of ether oxygens (including phenoxy) is 1. The second kappa shape index (κ2) is 8.24. The molecule has 0 heterocycles. The predicted molar refractivity (Wildman–Crippen MR) is 61.8 cm³/mol. The minimum atomic E-state index is 0.202. The van der Waals surface area contributed by atoms with Crippen LogP contribution < -0.4 is 0 Å². The van der Waals surface area contributed by atoms with Crippen LogP contribution in [0.2, 0.25) is 0 Å². The molecule has 0 aliphatic rings. The molecule has 3 nitrogen and oxygen atoms in total. The van der Waals surface area contributed by atoms with E-state index in [2.05, 4.69) is 29.8 Å². The van der Waals surface area contributed by atoms with Crippen LogP contribution in [0.3, 0.4) is 0 Å². The number of nitrogens with zero attached hydrogens (tertiary/aromatic N) is 1. The summed E-state index contributed by atoms with van der Waals surface area (Å²) in [4.78, 5) is 13.6. The van der Waals surface area contributed by atoms with Gasteiger partial charge in [0.15, 0.2) is 0 Å². The highest BCUT2D eigenvalue weighted by Gasteiger charge is 2.17. The quantitative estimate of drug-likeness (QED) is 0.660. The molecule has 4 heteroatoms. The smallest absolute Gasteiger partial charge is 0.223 e. The number of carbonyl (C=O) groups excluding carboxylic acids is 1. The number of halogens is 1. The summed E-state index contributed by atoms with van der Waals surface area (Å²) in [6, 6.07) is 0.302. The van der Waals surface area contributed by atoms with Gasteiger partial charge >= 0.3 is 0 Å². The van der Waals surface area contributed by atoms with Crippen molar-refractivity contribution in [1.29, 1.82) is 0 Å². The molecule has 1 unspecified atom stereocenters. The predicted octanol–water partition coefficient (Wildman–Crippen LogP) is 2.04. The SMILES string of the molecule is CCC(C)N(CCOC)C(=O)CCBr. The summed E-state index contributed by atoms with van der Waals surface area (Å²) in [5, 5.41) is 0.728. The first-order chi connectivity index (χ1) is 6.67. The summed E-state index contributed by atoms with van der Waals surface area (Å²) in [7, 11) is 1.66. The Labute approximate surface area is 94.9 Å². The fourth-order valence-corrected chi connectivity index (χ4v) is 1.56. The highest BCUT2D eigenvalue weighted by Crippen LogP contribution is 2.06. The highest BCUT2D eigenvalue weighted by atomic mass is 79.9. The molecule has 0 aliphatic carbocycles. The molecule has 0 saturated heterocycles. The third-order valence-corrected chi connectivity index (χ3v) is 2.68. The maximum absolute atomic E-state index is 11.7. The number of alkyl halides is 1. The van der Waals surface area contributed by atoms with Crippen molar-refractivity contribution in [3.05, 3.63) is 0 Å². The molecule has 0 aromatic carbocycles. The molecule has 0 bridgehead atoms. The van der Waals surface area contributed by atoms with Crippen LogP contribution in [0.1, 0.15) is 26.7 Å². The van der Waals surface area contributed by atoms with E-state index in [4.69, 9.17) is 4.74 Å². The molecule has 0 saturated carbocycles. The molecule has 0 aromatic rings. The Morgan fingerprint density at radius 1 is 1.57 bits per heavy atom. The van der Waals surface area contributed by atoms with Gasteiger partial charge in [0.05, 0.1) is 6.61 Å². The largest absolute Gasteiger partial charge is 0.383 e. The fourth-order valence-electron chi connectivity index (χ4n) is 1.23. The van der Waals surface area contributed by atoms with E-state index in [1.807, 2.05) is 4.90 Å². The van der Waals surface area contributed by atoms with Crippen LogP contribution in [0.5, 0.6) is 0 Å². The summed E-state index contributed by atoms with van der Waals surface area (Å²) in [5.74, 6) is 0.202. The summed E-state index contributed by atoms with van der Waals surface area (Å²) in [6.45, 7) is 5.46. The molecule has 0 fully saturated rings. The lowest BCUT2D eigenvalue weighted by Crippen LogP contribution is -2.40. The third kappa shape index (κ3) is 4.96. The second-order valence-corrected chi connectivity index (χ2v) is 4.07. The number of carbonyl (C=O) groups is 1. The zero-order valence-electron chi connectivity index (χ0n) is 9.25. The van der Waals surface area contributed by atoms with Gasteiger partial charge in [-0.25, -0.2) is 0 Å². The van der Waals surface area contributed by atoms with E-state index < -0.39 is 0 Å². The highest BCUT2D eigenvalue weighted by molar-refractivity contribution is 9.09. The van der Waals surface area contributed by atoms with Gasteiger partial charge in [-0.15, -0.1) is 0 Å². The van der Waals surface area contributed by atoms with Crippen LogP contribution in [-0.2, 0) is 9.53 Å². The number of methoxy groups -OCH3 is 1. The van der Waals surface area contributed by atoms with E-state index in [0.717, 1.165) is 11.8 Å². The maximum atomic E-state index is 11.7.